The molecule has 2 rings (SSSR count). The van der Waals surface area contributed by atoms with E-state index in [2.05, 4.69) is 17.0 Å². The maximum absolute atomic E-state index is 12.7. The summed E-state index contributed by atoms with van der Waals surface area (Å²) in [6, 6.07) is 12.8. The van der Waals surface area contributed by atoms with Gasteiger partial charge in [-0.15, -0.1) is 0 Å². The van der Waals surface area contributed by atoms with Crippen molar-refractivity contribution in [3.05, 3.63) is 59.7 Å². The molecule has 0 fully saturated rings. The van der Waals surface area contributed by atoms with Gasteiger partial charge in [0.15, 0.2) is 9.84 Å². The Morgan fingerprint density at radius 2 is 1.67 bits per heavy atom. The van der Waals surface area contributed by atoms with Crippen molar-refractivity contribution in [2.45, 2.75) is 38.0 Å². The Hall–Kier alpha value is -2.39. The molecular formula is C21H28N2O5S2. The molecular weight excluding hydrogens is 424 g/mol. The lowest BCUT2D eigenvalue weighted by molar-refractivity contribution is 0.0956. The third-order valence-corrected chi connectivity index (χ3v) is 7.65. The molecule has 7 nitrogen and oxygen atoms in total. The Labute approximate surface area is 178 Å². The summed E-state index contributed by atoms with van der Waals surface area (Å²) in [5, 5.41) is 2.51. The van der Waals surface area contributed by atoms with Crippen LogP contribution in [-0.2, 0) is 26.3 Å². The van der Waals surface area contributed by atoms with Crippen LogP contribution >= 0.6 is 0 Å². The number of benzene rings is 2. The summed E-state index contributed by atoms with van der Waals surface area (Å²) in [5.41, 5.74) is 1.72. The van der Waals surface area contributed by atoms with Crippen LogP contribution in [0.25, 0.3) is 0 Å². The van der Waals surface area contributed by atoms with Crippen LogP contribution in [0.2, 0.25) is 0 Å². The zero-order valence-electron chi connectivity index (χ0n) is 17.2. The van der Waals surface area contributed by atoms with Gasteiger partial charge in [0.25, 0.3) is 15.9 Å². The van der Waals surface area contributed by atoms with Crippen molar-refractivity contribution in [3.8, 4) is 0 Å². The number of unbranched alkanes of at least 4 members (excludes halogenated alkanes) is 1. The molecule has 30 heavy (non-hydrogen) atoms. The normalized spacial score (nSPS) is 11.8. The van der Waals surface area contributed by atoms with Crippen molar-refractivity contribution in [2.75, 3.05) is 22.8 Å². The third kappa shape index (κ3) is 7.14. The van der Waals surface area contributed by atoms with Gasteiger partial charge in [0, 0.05) is 23.5 Å². The fraction of sp³-hybridized carbons (Fsp3) is 0.381. The molecule has 0 aliphatic rings. The van der Waals surface area contributed by atoms with Gasteiger partial charge in [-0.2, -0.15) is 0 Å². The smallest absolute Gasteiger partial charge is 0.261 e. The molecule has 9 heteroatoms. The number of nitrogens with one attached hydrogen (secondary N) is 2. The second-order valence-corrected chi connectivity index (χ2v) is 11.1. The summed E-state index contributed by atoms with van der Waals surface area (Å²) < 4.78 is 50.9. The number of sulfonamides is 1. The summed E-state index contributed by atoms with van der Waals surface area (Å²) in [5.74, 6) is -0.691. The van der Waals surface area contributed by atoms with Crippen LogP contribution in [-0.4, -0.2) is 40.8 Å². The summed E-state index contributed by atoms with van der Waals surface area (Å²) in [4.78, 5) is 12.2. The van der Waals surface area contributed by atoms with Gasteiger partial charge in [0.05, 0.1) is 10.6 Å². The first kappa shape index (κ1) is 23.9. The van der Waals surface area contributed by atoms with Gasteiger partial charge in [-0.25, -0.2) is 16.8 Å². The van der Waals surface area contributed by atoms with Gasteiger partial charge in [0.2, 0.25) is 0 Å². The fourth-order valence-electron chi connectivity index (χ4n) is 2.71. The molecule has 164 valence electrons. The summed E-state index contributed by atoms with van der Waals surface area (Å²) in [6.07, 6.45) is 3.11. The van der Waals surface area contributed by atoms with Gasteiger partial charge in [-0.3, -0.25) is 9.52 Å². The number of aryl methyl sites for hydroxylation is 1. The topological polar surface area (TPSA) is 109 Å². The van der Waals surface area contributed by atoms with E-state index in [-0.39, 0.29) is 28.5 Å². The van der Waals surface area contributed by atoms with E-state index in [0.717, 1.165) is 24.8 Å². The summed E-state index contributed by atoms with van der Waals surface area (Å²) >= 11 is 0. The van der Waals surface area contributed by atoms with E-state index in [1.54, 1.807) is 12.1 Å². The van der Waals surface area contributed by atoms with Crippen LogP contribution in [0.5, 0.6) is 0 Å². The first-order valence-corrected chi connectivity index (χ1v) is 13.2. The molecule has 0 atom stereocenters. The number of carbonyl (C=O) groups is 1. The number of hydrogen-bond donors (Lipinski definition) is 2. The maximum Gasteiger partial charge on any atom is 0.261 e. The number of amides is 1. The largest absolute Gasteiger partial charge is 0.351 e. The van der Waals surface area contributed by atoms with Crippen molar-refractivity contribution >= 4 is 31.5 Å². The van der Waals surface area contributed by atoms with Gasteiger partial charge in [-0.1, -0.05) is 38.5 Å². The van der Waals surface area contributed by atoms with E-state index >= 15 is 0 Å². The highest BCUT2D eigenvalue weighted by Crippen LogP contribution is 2.18. The molecule has 0 aliphatic carbocycles. The van der Waals surface area contributed by atoms with E-state index in [0.29, 0.717) is 5.69 Å². The predicted molar refractivity (Wildman–Crippen MR) is 119 cm³/mol. The lowest BCUT2D eigenvalue weighted by atomic mass is 10.1. The van der Waals surface area contributed by atoms with Gasteiger partial charge < -0.3 is 5.32 Å². The van der Waals surface area contributed by atoms with E-state index in [1.165, 1.54) is 31.2 Å². The number of anilines is 1. The summed E-state index contributed by atoms with van der Waals surface area (Å²) in [7, 11) is -7.07. The van der Waals surface area contributed by atoms with Gasteiger partial charge in [0.1, 0.15) is 0 Å². The minimum Gasteiger partial charge on any atom is -0.351 e. The minimum absolute atomic E-state index is 0.00184. The van der Waals surface area contributed by atoms with Crippen molar-refractivity contribution in [3.63, 3.8) is 0 Å². The fourth-order valence-corrected chi connectivity index (χ4v) is 4.51. The standard InChI is InChI=1S/C21H28N2O5S2/c1-3-5-7-17-10-12-19(13-11-17)23-30(27,28)20-9-6-8-18(16-20)21(24)22-14-15-29(25,26)4-2/h6,8-13,16,23H,3-5,7,14-15H2,1-2H3,(H,22,24). The van der Waals surface area contributed by atoms with Crippen LogP contribution < -0.4 is 10.0 Å². The number of rotatable bonds is 11. The van der Waals surface area contributed by atoms with Gasteiger partial charge >= 0.3 is 0 Å². The van der Waals surface area contributed by atoms with Crippen LogP contribution in [0.4, 0.5) is 5.69 Å². The maximum atomic E-state index is 12.7. The van der Waals surface area contributed by atoms with Crippen LogP contribution in [0, 0.1) is 0 Å². The molecule has 0 aliphatic heterocycles. The SMILES string of the molecule is CCCCc1ccc(NS(=O)(=O)c2cccc(C(=O)NCCS(=O)(=O)CC)c2)cc1. The van der Waals surface area contributed by atoms with E-state index in [9.17, 15) is 21.6 Å². The van der Waals surface area contributed by atoms with Crippen LogP contribution in [0.3, 0.4) is 0 Å². The highest BCUT2D eigenvalue weighted by molar-refractivity contribution is 7.92. The average Bonchev–Trinajstić information content (AvgIpc) is 2.73. The zero-order chi connectivity index (χ0) is 22.2. The monoisotopic (exact) mass is 452 g/mol. The molecule has 1 amide bonds. The lowest BCUT2D eigenvalue weighted by Crippen LogP contribution is -2.29. The van der Waals surface area contributed by atoms with Gasteiger partial charge in [-0.05, 0) is 48.7 Å². The molecule has 0 bridgehead atoms. The van der Waals surface area contributed by atoms with Crippen molar-refractivity contribution in [1.29, 1.82) is 0 Å². The molecule has 2 N–H and O–H groups in total. The first-order valence-electron chi connectivity index (χ1n) is 9.87. The quantitative estimate of drug-likeness (QED) is 0.545. The minimum atomic E-state index is -3.87. The lowest BCUT2D eigenvalue weighted by Gasteiger charge is -2.10. The third-order valence-electron chi connectivity index (χ3n) is 4.57. The Morgan fingerprint density at radius 3 is 2.30 bits per heavy atom. The number of sulfone groups is 1. The van der Waals surface area contributed by atoms with Crippen LogP contribution in [0.15, 0.2) is 53.4 Å². The second kappa shape index (κ2) is 10.6. The van der Waals surface area contributed by atoms with E-state index in [4.69, 9.17) is 0 Å². The number of hydrogen-bond acceptors (Lipinski definition) is 5. The molecule has 0 aromatic heterocycles. The van der Waals surface area contributed by atoms with E-state index < -0.39 is 25.8 Å². The summed E-state index contributed by atoms with van der Waals surface area (Å²) in [6.45, 7) is 3.62. The van der Waals surface area contributed by atoms with Crippen molar-refractivity contribution in [2.24, 2.45) is 0 Å². The Bertz CT molecular complexity index is 1060. The molecule has 0 heterocycles. The highest BCUT2D eigenvalue weighted by Gasteiger charge is 2.17. The molecule has 2 aromatic rings. The highest BCUT2D eigenvalue weighted by atomic mass is 32.2. The predicted octanol–water partition coefficient (Wildman–Crippen LogP) is 2.99. The van der Waals surface area contributed by atoms with Crippen LogP contribution in [0.1, 0.15) is 42.6 Å². The molecule has 0 saturated carbocycles. The Morgan fingerprint density at radius 1 is 0.967 bits per heavy atom. The first-order chi connectivity index (χ1) is 14.2. The second-order valence-electron chi connectivity index (χ2n) is 6.93. The number of carbonyl (C=O) groups excluding carboxylic acids is 1. The molecule has 0 saturated heterocycles. The molecule has 2 aromatic carbocycles. The Kier molecular flexibility index (Phi) is 8.43. The Balaban J connectivity index is 2.07. The molecule has 0 spiro atoms. The molecule has 0 unspecified atom stereocenters. The van der Waals surface area contributed by atoms with Crippen molar-refractivity contribution < 1.29 is 21.6 Å². The zero-order valence-corrected chi connectivity index (χ0v) is 18.9. The molecule has 0 radical (unpaired) electrons. The average molecular weight is 453 g/mol. The van der Waals surface area contributed by atoms with Crippen molar-refractivity contribution in [1.82, 2.24) is 5.32 Å². The van der Waals surface area contributed by atoms with E-state index in [1.807, 2.05) is 12.1 Å².